The van der Waals surface area contributed by atoms with Gasteiger partial charge in [-0.05, 0) is 31.0 Å². The Labute approximate surface area is 108 Å². The highest BCUT2D eigenvalue weighted by Crippen LogP contribution is 2.21. The van der Waals surface area contributed by atoms with Gasteiger partial charge in [0.25, 0.3) is 0 Å². The molecule has 0 saturated heterocycles. The highest BCUT2D eigenvalue weighted by molar-refractivity contribution is 9.10. The molecule has 1 aliphatic rings. The summed E-state index contributed by atoms with van der Waals surface area (Å²) in [4.78, 5) is 11.6. The van der Waals surface area contributed by atoms with Gasteiger partial charge in [0.1, 0.15) is 6.07 Å². The van der Waals surface area contributed by atoms with E-state index in [4.69, 9.17) is 5.26 Å². The lowest BCUT2D eigenvalue weighted by Crippen LogP contribution is -2.29. The molecule has 17 heavy (non-hydrogen) atoms. The molecule has 1 aromatic carbocycles. The van der Waals surface area contributed by atoms with Crippen molar-refractivity contribution in [1.29, 1.82) is 5.26 Å². The van der Waals surface area contributed by atoms with Gasteiger partial charge in [-0.15, -0.1) is 0 Å². The zero-order valence-corrected chi connectivity index (χ0v) is 10.8. The Bertz CT molecular complexity index is 477. The van der Waals surface area contributed by atoms with Crippen LogP contribution in [0.4, 0.5) is 5.69 Å². The molecule has 0 radical (unpaired) electrons. The van der Waals surface area contributed by atoms with Gasteiger partial charge in [0.05, 0.1) is 17.8 Å². The first kappa shape index (κ1) is 12.1. The number of hydrogen-bond acceptors (Lipinski definition) is 3. The van der Waals surface area contributed by atoms with E-state index in [2.05, 4.69) is 26.6 Å². The minimum Gasteiger partial charge on any atom is -0.324 e. The third kappa shape index (κ3) is 3.55. The van der Waals surface area contributed by atoms with E-state index in [1.165, 1.54) is 0 Å². The average Bonchev–Trinajstić information content (AvgIpc) is 3.10. The van der Waals surface area contributed by atoms with Crippen LogP contribution in [0.3, 0.4) is 0 Å². The van der Waals surface area contributed by atoms with Crippen molar-refractivity contribution in [3.8, 4) is 6.07 Å². The third-order valence-electron chi connectivity index (χ3n) is 2.50. The van der Waals surface area contributed by atoms with Crippen LogP contribution >= 0.6 is 15.9 Å². The van der Waals surface area contributed by atoms with Crippen molar-refractivity contribution >= 4 is 27.5 Å². The maximum Gasteiger partial charge on any atom is 0.238 e. The van der Waals surface area contributed by atoms with Crippen molar-refractivity contribution in [3.63, 3.8) is 0 Å². The van der Waals surface area contributed by atoms with E-state index in [9.17, 15) is 4.79 Å². The molecule has 1 fully saturated rings. The van der Waals surface area contributed by atoms with Gasteiger partial charge >= 0.3 is 0 Å². The molecular weight excluding hydrogens is 282 g/mol. The standard InChI is InChI=1S/C12H12BrN3O/c13-9-2-1-8(6-14)11(5-9)16-12(17)7-15-10-3-4-10/h1-2,5,10,15H,3-4,7H2,(H,16,17). The number of nitrogens with zero attached hydrogens (tertiary/aromatic N) is 1. The minimum absolute atomic E-state index is 0.119. The third-order valence-corrected chi connectivity index (χ3v) is 3.00. The van der Waals surface area contributed by atoms with Crippen molar-refractivity contribution in [2.45, 2.75) is 18.9 Å². The fourth-order valence-electron chi connectivity index (χ4n) is 1.44. The maximum atomic E-state index is 11.6. The molecule has 1 aromatic rings. The van der Waals surface area contributed by atoms with Crippen LogP contribution in [0.15, 0.2) is 22.7 Å². The second kappa shape index (κ2) is 5.30. The molecule has 1 amide bonds. The van der Waals surface area contributed by atoms with Gasteiger partial charge in [-0.2, -0.15) is 5.26 Å². The van der Waals surface area contributed by atoms with E-state index < -0.39 is 0 Å². The van der Waals surface area contributed by atoms with Gasteiger partial charge < -0.3 is 10.6 Å². The topological polar surface area (TPSA) is 64.9 Å². The van der Waals surface area contributed by atoms with Crippen molar-refractivity contribution in [2.24, 2.45) is 0 Å². The smallest absolute Gasteiger partial charge is 0.238 e. The Kier molecular flexibility index (Phi) is 3.77. The summed E-state index contributed by atoms with van der Waals surface area (Å²) in [7, 11) is 0. The predicted molar refractivity (Wildman–Crippen MR) is 68.5 cm³/mol. The van der Waals surface area contributed by atoms with E-state index in [1.54, 1.807) is 18.2 Å². The fourth-order valence-corrected chi connectivity index (χ4v) is 1.80. The molecule has 5 heteroatoms. The van der Waals surface area contributed by atoms with Crippen LogP contribution < -0.4 is 10.6 Å². The lowest BCUT2D eigenvalue weighted by molar-refractivity contribution is -0.115. The Balaban J connectivity index is 1.98. The van der Waals surface area contributed by atoms with Crippen molar-refractivity contribution in [3.05, 3.63) is 28.2 Å². The predicted octanol–water partition coefficient (Wildman–Crippen LogP) is 2.01. The molecule has 1 aliphatic carbocycles. The van der Waals surface area contributed by atoms with Gasteiger partial charge in [0, 0.05) is 10.5 Å². The number of anilines is 1. The number of carbonyl (C=O) groups is 1. The zero-order valence-electron chi connectivity index (χ0n) is 9.16. The van der Waals surface area contributed by atoms with E-state index >= 15 is 0 Å². The molecule has 2 N–H and O–H groups in total. The Hall–Kier alpha value is -1.38. The van der Waals surface area contributed by atoms with Crippen LogP contribution in [0.2, 0.25) is 0 Å². The maximum absolute atomic E-state index is 11.6. The first-order valence-corrected chi connectivity index (χ1v) is 6.21. The van der Waals surface area contributed by atoms with Gasteiger partial charge in [-0.1, -0.05) is 15.9 Å². The molecule has 0 bridgehead atoms. The number of carbonyl (C=O) groups excluding carboxylic acids is 1. The number of rotatable bonds is 4. The molecule has 0 atom stereocenters. The summed E-state index contributed by atoms with van der Waals surface area (Å²) in [5, 5.41) is 14.8. The van der Waals surface area contributed by atoms with Crippen molar-refractivity contribution in [2.75, 3.05) is 11.9 Å². The fraction of sp³-hybridized carbons (Fsp3) is 0.333. The molecule has 0 aliphatic heterocycles. The normalized spacial score (nSPS) is 14.1. The highest BCUT2D eigenvalue weighted by atomic mass is 79.9. The summed E-state index contributed by atoms with van der Waals surface area (Å²) in [5.74, 6) is -0.119. The van der Waals surface area contributed by atoms with E-state index in [1.807, 2.05) is 6.07 Å². The highest BCUT2D eigenvalue weighted by Gasteiger charge is 2.21. The Morgan fingerprint density at radius 1 is 1.53 bits per heavy atom. The molecule has 0 heterocycles. The summed E-state index contributed by atoms with van der Waals surface area (Å²) in [6.07, 6.45) is 2.29. The summed E-state index contributed by atoms with van der Waals surface area (Å²) in [6.45, 7) is 0.294. The minimum atomic E-state index is -0.119. The van der Waals surface area contributed by atoms with E-state index in [0.29, 0.717) is 23.8 Å². The molecule has 0 unspecified atom stereocenters. The number of hydrogen-bond donors (Lipinski definition) is 2. The van der Waals surface area contributed by atoms with Gasteiger partial charge in [-0.3, -0.25) is 4.79 Å². The quantitative estimate of drug-likeness (QED) is 0.892. The molecule has 1 saturated carbocycles. The molecular formula is C12H12BrN3O. The summed E-state index contributed by atoms with van der Waals surface area (Å²) < 4.78 is 0.835. The summed E-state index contributed by atoms with van der Waals surface area (Å²) in [5.41, 5.74) is 1.01. The number of benzene rings is 1. The molecule has 0 spiro atoms. The largest absolute Gasteiger partial charge is 0.324 e. The van der Waals surface area contributed by atoms with E-state index in [0.717, 1.165) is 17.3 Å². The van der Waals surface area contributed by atoms with Crippen LogP contribution in [0.1, 0.15) is 18.4 Å². The summed E-state index contributed by atoms with van der Waals surface area (Å²) >= 11 is 3.31. The van der Waals surface area contributed by atoms with Crippen molar-refractivity contribution in [1.82, 2.24) is 5.32 Å². The number of nitriles is 1. The van der Waals surface area contributed by atoms with Crippen LogP contribution in [0, 0.1) is 11.3 Å². The first-order chi connectivity index (χ1) is 8.19. The second-order valence-electron chi connectivity index (χ2n) is 4.01. The molecule has 2 rings (SSSR count). The van der Waals surface area contributed by atoms with Gasteiger partial charge in [0.2, 0.25) is 5.91 Å². The van der Waals surface area contributed by atoms with Gasteiger partial charge in [0.15, 0.2) is 0 Å². The number of nitrogens with one attached hydrogen (secondary N) is 2. The van der Waals surface area contributed by atoms with Gasteiger partial charge in [-0.25, -0.2) is 0 Å². The second-order valence-corrected chi connectivity index (χ2v) is 4.92. The molecule has 4 nitrogen and oxygen atoms in total. The zero-order chi connectivity index (χ0) is 12.3. The molecule has 0 aromatic heterocycles. The lowest BCUT2D eigenvalue weighted by atomic mass is 10.2. The monoisotopic (exact) mass is 293 g/mol. The van der Waals surface area contributed by atoms with Crippen LogP contribution in [0.25, 0.3) is 0 Å². The van der Waals surface area contributed by atoms with Crippen LogP contribution in [0.5, 0.6) is 0 Å². The van der Waals surface area contributed by atoms with E-state index in [-0.39, 0.29) is 5.91 Å². The number of amides is 1. The lowest BCUT2D eigenvalue weighted by Gasteiger charge is -2.08. The SMILES string of the molecule is N#Cc1ccc(Br)cc1NC(=O)CNC1CC1. The Morgan fingerprint density at radius 3 is 2.94 bits per heavy atom. The van der Waals surface area contributed by atoms with Crippen molar-refractivity contribution < 1.29 is 4.79 Å². The average molecular weight is 294 g/mol. The Morgan fingerprint density at radius 2 is 2.29 bits per heavy atom. The van der Waals surface area contributed by atoms with Crippen LogP contribution in [-0.2, 0) is 4.79 Å². The first-order valence-electron chi connectivity index (χ1n) is 5.42. The molecule has 88 valence electrons. The number of halogens is 1. The van der Waals surface area contributed by atoms with Crippen LogP contribution in [-0.4, -0.2) is 18.5 Å². The summed E-state index contributed by atoms with van der Waals surface area (Å²) in [6, 6.07) is 7.73.